The molecular formula is C14H26O3. The Bertz CT molecular complexity index is 190. The van der Waals surface area contributed by atoms with Crippen molar-refractivity contribution in [3.8, 4) is 0 Å². The molecular weight excluding hydrogens is 216 g/mol. The zero-order chi connectivity index (χ0) is 12.8. The van der Waals surface area contributed by atoms with Crippen LogP contribution in [0.2, 0.25) is 0 Å². The molecule has 0 heterocycles. The summed E-state index contributed by atoms with van der Waals surface area (Å²) in [5.41, 5.74) is 0. The minimum Gasteiger partial charge on any atom is -0.463 e. The summed E-state index contributed by atoms with van der Waals surface area (Å²) < 4.78 is 9.76. The highest BCUT2D eigenvalue weighted by atomic mass is 16.6. The molecule has 3 heteroatoms. The maximum Gasteiger partial charge on any atom is 0.305 e. The van der Waals surface area contributed by atoms with Crippen molar-refractivity contribution in [1.29, 1.82) is 0 Å². The second-order valence-electron chi connectivity index (χ2n) is 4.16. The van der Waals surface area contributed by atoms with Crippen LogP contribution in [0.3, 0.4) is 0 Å². The largest absolute Gasteiger partial charge is 0.463 e. The van der Waals surface area contributed by atoms with Crippen LogP contribution in [-0.2, 0) is 14.3 Å². The van der Waals surface area contributed by atoms with Gasteiger partial charge in [0.05, 0.1) is 6.61 Å². The number of ether oxygens (including phenoxy) is 2. The van der Waals surface area contributed by atoms with E-state index in [-0.39, 0.29) is 5.97 Å². The van der Waals surface area contributed by atoms with Gasteiger partial charge in [0, 0.05) is 13.5 Å². The fraction of sp³-hybridized carbons (Fsp3) is 0.786. The van der Waals surface area contributed by atoms with Gasteiger partial charge in [-0.15, -0.1) is 6.58 Å². The van der Waals surface area contributed by atoms with Gasteiger partial charge in [-0.3, -0.25) is 4.79 Å². The molecule has 0 bridgehead atoms. The number of hydrogen-bond acceptors (Lipinski definition) is 3. The Kier molecular flexibility index (Phi) is 12.6. The first-order valence-corrected chi connectivity index (χ1v) is 6.56. The molecule has 0 amide bonds. The lowest BCUT2D eigenvalue weighted by molar-refractivity contribution is -0.145. The Balaban J connectivity index is 3.11. The predicted molar refractivity (Wildman–Crippen MR) is 70.0 cm³/mol. The van der Waals surface area contributed by atoms with Gasteiger partial charge in [0.15, 0.2) is 0 Å². The van der Waals surface area contributed by atoms with Crippen molar-refractivity contribution in [2.75, 3.05) is 20.3 Å². The molecule has 100 valence electrons. The van der Waals surface area contributed by atoms with Crippen molar-refractivity contribution in [1.82, 2.24) is 0 Å². The SMILES string of the molecule is C=CCCCCCCCCC(=O)OCCOC. The monoisotopic (exact) mass is 242 g/mol. The molecule has 0 atom stereocenters. The fourth-order valence-electron chi connectivity index (χ4n) is 1.58. The molecule has 0 N–H and O–H groups in total. The van der Waals surface area contributed by atoms with Crippen molar-refractivity contribution in [3.05, 3.63) is 12.7 Å². The second kappa shape index (κ2) is 13.2. The molecule has 0 aromatic rings. The van der Waals surface area contributed by atoms with E-state index in [1.165, 1.54) is 25.7 Å². The van der Waals surface area contributed by atoms with Gasteiger partial charge in [0.25, 0.3) is 0 Å². The van der Waals surface area contributed by atoms with E-state index in [0.717, 1.165) is 19.3 Å². The van der Waals surface area contributed by atoms with Crippen LogP contribution in [0.4, 0.5) is 0 Å². The van der Waals surface area contributed by atoms with Crippen molar-refractivity contribution in [3.63, 3.8) is 0 Å². The lowest BCUT2D eigenvalue weighted by atomic mass is 10.1. The van der Waals surface area contributed by atoms with Gasteiger partial charge < -0.3 is 9.47 Å². The third-order valence-electron chi connectivity index (χ3n) is 2.59. The highest BCUT2D eigenvalue weighted by Gasteiger charge is 2.01. The number of allylic oxidation sites excluding steroid dienone is 1. The summed E-state index contributed by atoms with van der Waals surface area (Å²) in [5.74, 6) is -0.103. The van der Waals surface area contributed by atoms with Crippen LogP contribution < -0.4 is 0 Å². The number of esters is 1. The molecule has 0 aromatic carbocycles. The van der Waals surface area contributed by atoms with E-state index in [1.54, 1.807) is 7.11 Å². The van der Waals surface area contributed by atoms with E-state index < -0.39 is 0 Å². The quantitative estimate of drug-likeness (QED) is 0.298. The van der Waals surface area contributed by atoms with Crippen LogP contribution in [0.25, 0.3) is 0 Å². The zero-order valence-corrected chi connectivity index (χ0v) is 11.1. The molecule has 0 fully saturated rings. The van der Waals surface area contributed by atoms with Crippen molar-refractivity contribution in [2.45, 2.75) is 51.4 Å². The maximum absolute atomic E-state index is 11.2. The Morgan fingerprint density at radius 1 is 1.06 bits per heavy atom. The summed E-state index contributed by atoms with van der Waals surface area (Å²) in [4.78, 5) is 11.2. The van der Waals surface area contributed by atoms with Gasteiger partial charge in [-0.2, -0.15) is 0 Å². The van der Waals surface area contributed by atoms with Gasteiger partial charge in [0.2, 0.25) is 0 Å². The van der Waals surface area contributed by atoms with E-state index in [0.29, 0.717) is 19.6 Å². The van der Waals surface area contributed by atoms with E-state index in [1.807, 2.05) is 6.08 Å². The first-order chi connectivity index (χ1) is 8.31. The number of carbonyl (C=O) groups is 1. The molecule has 0 unspecified atom stereocenters. The number of unbranched alkanes of at least 4 members (excludes halogenated alkanes) is 6. The van der Waals surface area contributed by atoms with Crippen molar-refractivity contribution >= 4 is 5.97 Å². The third-order valence-corrected chi connectivity index (χ3v) is 2.59. The van der Waals surface area contributed by atoms with Crippen LogP contribution >= 0.6 is 0 Å². The molecule has 3 nitrogen and oxygen atoms in total. The first-order valence-electron chi connectivity index (χ1n) is 6.56. The fourth-order valence-corrected chi connectivity index (χ4v) is 1.58. The minimum absolute atomic E-state index is 0.103. The van der Waals surface area contributed by atoms with Crippen molar-refractivity contribution in [2.24, 2.45) is 0 Å². The topological polar surface area (TPSA) is 35.5 Å². The Hall–Kier alpha value is -0.830. The summed E-state index contributed by atoms with van der Waals surface area (Å²) in [6, 6.07) is 0. The van der Waals surface area contributed by atoms with Gasteiger partial charge in [-0.05, 0) is 19.3 Å². The smallest absolute Gasteiger partial charge is 0.305 e. The number of carbonyl (C=O) groups excluding carboxylic acids is 1. The lowest BCUT2D eigenvalue weighted by Gasteiger charge is -2.04. The molecule has 0 radical (unpaired) electrons. The normalized spacial score (nSPS) is 10.2. The average molecular weight is 242 g/mol. The number of methoxy groups -OCH3 is 1. The average Bonchev–Trinajstić information content (AvgIpc) is 2.33. The number of hydrogen-bond donors (Lipinski definition) is 0. The van der Waals surface area contributed by atoms with Crippen LogP contribution in [0.5, 0.6) is 0 Å². The van der Waals surface area contributed by atoms with Crippen LogP contribution in [0.1, 0.15) is 51.4 Å². The summed E-state index contributed by atoms with van der Waals surface area (Å²) in [6.07, 6.45) is 10.7. The van der Waals surface area contributed by atoms with E-state index in [2.05, 4.69) is 6.58 Å². The summed E-state index contributed by atoms with van der Waals surface area (Å²) >= 11 is 0. The van der Waals surface area contributed by atoms with Crippen LogP contribution in [-0.4, -0.2) is 26.3 Å². The zero-order valence-electron chi connectivity index (χ0n) is 11.1. The maximum atomic E-state index is 11.2. The third kappa shape index (κ3) is 13.1. The summed E-state index contributed by atoms with van der Waals surface area (Å²) in [6.45, 7) is 4.55. The molecule has 17 heavy (non-hydrogen) atoms. The predicted octanol–water partition coefficient (Wildman–Crippen LogP) is 3.48. The van der Waals surface area contributed by atoms with E-state index in [9.17, 15) is 4.79 Å². The number of rotatable bonds is 12. The Labute approximate surface area is 105 Å². The Morgan fingerprint density at radius 2 is 1.71 bits per heavy atom. The molecule has 0 rings (SSSR count). The molecule has 0 saturated heterocycles. The van der Waals surface area contributed by atoms with E-state index >= 15 is 0 Å². The van der Waals surface area contributed by atoms with Gasteiger partial charge in [-0.1, -0.05) is 31.8 Å². The first kappa shape index (κ1) is 16.2. The molecule has 0 aliphatic carbocycles. The molecule has 0 aliphatic rings. The highest BCUT2D eigenvalue weighted by molar-refractivity contribution is 5.69. The van der Waals surface area contributed by atoms with E-state index in [4.69, 9.17) is 9.47 Å². The summed E-state index contributed by atoms with van der Waals surface area (Å²) in [5, 5.41) is 0. The lowest BCUT2D eigenvalue weighted by Crippen LogP contribution is -2.09. The standard InChI is InChI=1S/C14H26O3/c1-3-4-5-6-7-8-9-10-11-14(15)17-13-12-16-2/h3H,1,4-13H2,2H3. The Morgan fingerprint density at radius 3 is 2.35 bits per heavy atom. The van der Waals surface area contributed by atoms with Gasteiger partial charge >= 0.3 is 5.97 Å². The molecule has 0 saturated carbocycles. The molecule has 0 spiro atoms. The highest BCUT2D eigenvalue weighted by Crippen LogP contribution is 2.09. The van der Waals surface area contributed by atoms with Gasteiger partial charge in [-0.25, -0.2) is 0 Å². The van der Waals surface area contributed by atoms with Crippen molar-refractivity contribution < 1.29 is 14.3 Å². The van der Waals surface area contributed by atoms with Gasteiger partial charge in [0.1, 0.15) is 6.61 Å². The van der Waals surface area contributed by atoms with Crippen LogP contribution in [0, 0.1) is 0 Å². The summed E-state index contributed by atoms with van der Waals surface area (Å²) in [7, 11) is 1.60. The second-order valence-corrected chi connectivity index (χ2v) is 4.16. The van der Waals surface area contributed by atoms with Crippen LogP contribution in [0.15, 0.2) is 12.7 Å². The minimum atomic E-state index is -0.103. The molecule has 0 aromatic heterocycles. The molecule has 0 aliphatic heterocycles.